The van der Waals surface area contributed by atoms with Crippen molar-refractivity contribution in [3.63, 3.8) is 0 Å². The molecule has 9 nitrogen and oxygen atoms in total. The number of rotatable bonds is 7. The first kappa shape index (κ1) is 19.4. The number of nitro groups is 1. The van der Waals surface area contributed by atoms with Gasteiger partial charge in [-0.05, 0) is 42.5 Å². The zero-order valence-corrected chi connectivity index (χ0v) is 15.6. The van der Waals surface area contributed by atoms with Crippen molar-refractivity contribution in [1.82, 2.24) is 0 Å². The standard InChI is InChI=1S/C17H13ClN4O5S/c18-12-3-1-4-13(9-12)21-28(25,26)15-6-7-16(17(10-15)22(23)24)20-19-11-14-5-2-8-27-14/h1-11,20-21H/b19-11+. The average Bonchev–Trinajstić information content (AvgIpc) is 3.14. The molecule has 0 fully saturated rings. The number of furan rings is 1. The summed E-state index contributed by atoms with van der Waals surface area (Å²) in [5.74, 6) is 0.445. The fraction of sp³-hybridized carbons (Fsp3) is 0. The third kappa shape index (κ3) is 4.67. The zero-order valence-electron chi connectivity index (χ0n) is 14.1. The third-order valence-electron chi connectivity index (χ3n) is 3.47. The van der Waals surface area contributed by atoms with Gasteiger partial charge in [0, 0.05) is 11.1 Å². The minimum Gasteiger partial charge on any atom is -0.463 e. The molecule has 11 heteroatoms. The van der Waals surface area contributed by atoms with Gasteiger partial charge in [0.2, 0.25) is 0 Å². The highest BCUT2D eigenvalue weighted by atomic mass is 35.5. The Hall–Kier alpha value is -3.37. The smallest absolute Gasteiger partial charge is 0.295 e. The number of halogens is 1. The van der Waals surface area contributed by atoms with E-state index in [1.165, 1.54) is 36.7 Å². The lowest BCUT2D eigenvalue weighted by Gasteiger charge is -2.09. The van der Waals surface area contributed by atoms with Crippen molar-refractivity contribution < 1.29 is 17.8 Å². The van der Waals surface area contributed by atoms with Crippen molar-refractivity contribution in [2.24, 2.45) is 5.10 Å². The Morgan fingerprint density at radius 2 is 1.96 bits per heavy atom. The van der Waals surface area contributed by atoms with Crippen LogP contribution in [-0.2, 0) is 10.0 Å². The molecule has 0 saturated heterocycles. The summed E-state index contributed by atoms with van der Waals surface area (Å²) in [6, 6.07) is 12.8. The van der Waals surface area contributed by atoms with Gasteiger partial charge in [-0.2, -0.15) is 5.10 Å². The predicted molar refractivity (Wildman–Crippen MR) is 105 cm³/mol. The maximum Gasteiger partial charge on any atom is 0.295 e. The van der Waals surface area contributed by atoms with Crippen LogP contribution in [0.15, 0.2) is 75.3 Å². The molecule has 0 aliphatic carbocycles. The number of hydrogen-bond acceptors (Lipinski definition) is 7. The van der Waals surface area contributed by atoms with Gasteiger partial charge in [0.1, 0.15) is 11.4 Å². The van der Waals surface area contributed by atoms with Gasteiger partial charge in [0.25, 0.3) is 15.7 Å². The minimum atomic E-state index is -4.05. The second kappa shape index (κ2) is 8.11. The van der Waals surface area contributed by atoms with E-state index in [0.717, 1.165) is 6.07 Å². The average molecular weight is 421 g/mol. The summed E-state index contributed by atoms with van der Waals surface area (Å²) in [7, 11) is -4.05. The molecule has 2 N–H and O–H groups in total. The maximum atomic E-state index is 12.5. The fourth-order valence-corrected chi connectivity index (χ4v) is 3.48. The zero-order chi connectivity index (χ0) is 20.1. The molecule has 0 bridgehead atoms. The second-order valence-corrected chi connectivity index (χ2v) is 7.56. The normalized spacial score (nSPS) is 11.5. The SMILES string of the molecule is O=[N+]([O-])c1cc(S(=O)(=O)Nc2cccc(Cl)c2)ccc1N/N=C/c1ccco1. The lowest BCUT2D eigenvalue weighted by molar-refractivity contribution is -0.384. The summed E-state index contributed by atoms with van der Waals surface area (Å²) in [5, 5.41) is 15.5. The van der Waals surface area contributed by atoms with Crippen LogP contribution in [0.2, 0.25) is 5.02 Å². The largest absolute Gasteiger partial charge is 0.463 e. The summed E-state index contributed by atoms with van der Waals surface area (Å²) >= 11 is 5.84. The lowest BCUT2D eigenvalue weighted by atomic mass is 10.3. The fourth-order valence-electron chi connectivity index (χ4n) is 2.22. The van der Waals surface area contributed by atoms with Crippen LogP contribution in [0, 0.1) is 10.1 Å². The van der Waals surface area contributed by atoms with E-state index in [4.69, 9.17) is 16.0 Å². The van der Waals surface area contributed by atoms with Gasteiger partial charge in [-0.25, -0.2) is 8.42 Å². The molecular weight excluding hydrogens is 408 g/mol. The molecule has 0 atom stereocenters. The first-order chi connectivity index (χ1) is 13.3. The second-order valence-electron chi connectivity index (χ2n) is 5.44. The van der Waals surface area contributed by atoms with Crippen LogP contribution in [-0.4, -0.2) is 19.6 Å². The van der Waals surface area contributed by atoms with Crippen molar-refractivity contribution in [2.45, 2.75) is 4.90 Å². The van der Waals surface area contributed by atoms with Gasteiger partial charge in [-0.15, -0.1) is 0 Å². The summed E-state index contributed by atoms with van der Waals surface area (Å²) < 4.78 is 32.4. The molecule has 0 saturated carbocycles. The van der Waals surface area contributed by atoms with Gasteiger partial charge in [-0.3, -0.25) is 20.3 Å². The van der Waals surface area contributed by atoms with E-state index in [2.05, 4.69) is 15.2 Å². The highest BCUT2D eigenvalue weighted by Crippen LogP contribution is 2.29. The van der Waals surface area contributed by atoms with Gasteiger partial charge >= 0.3 is 0 Å². The Morgan fingerprint density at radius 3 is 2.64 bits per heavy atom. The Kier molecular flexibility index (Phi) is 5.62. The van der Waals surface area contributed by atoms with Crippen LogP contribution in [0.5, 0.6) is 0 Å². The van der Waals surface area contributed by atoms with Gasteiger partial charge in [-0.1, -0.05) is 17.7 Å². The van der Waals surface area contributed by atoms with E-state index in [-0.39, 0.29) is 16.3 Å². The molecule has 0 amide bonds. The molecule has 0 aliphatic heterocycles. The Labute approximate surface area is 164 Å². The molecule has 0 spiro atoms. The van der Waals surface area contributed by atoms with Gasteiger partial charge < -0.3 is 4.42 Å². The van der Waals surface area contributed by atoms with Crippen LogP contribution in [0.1, 0.15) is 5.76 Å². The molecule has 3 aromatic rings. The van der Waals surface area contributed by atoms with E-state index in [1.54, 1.807) is 24.3 Å². The molecule has 0 aliphatic rings. The first-order valence-corrected chi connectivity index (χ1v) is 9.61. The molecule has 0 radical (unpaired) electrons. The minimum absolute atomic E-state index is 0.0227. The van der Waals surface area contributed by atoms with Crippen molar-refractivity contribution in [2.75, 3.05) is 10.1 Å². The van der Waals surface area contributed by atoms with Gasteiger partial charge in [0.15, 0.2) is 0 Å². The van der Waals surface area contributed by atoms with E-state index >= 15 is 0 Å². The summed E-state index contributed by atoms with van der Waals surface area (Å²) in [6.45, 7) is 0. The van der Waals surface area contributed by atoms with Crippen molar-refractivity contribution in [3.05, 3.63) is 81.8 Å². The number of hydrazone groups is 1. The number of nitro benzene ring substituents is 1. The number of nitrogens with one attached hydrogen (secondary N) is 2. The number of anilines is 2. The highest BCUT2D eigenvalue weighted by Gasteiger charge is 2.21. The van der Waals surface area contributed by atoms with Crippen LogP contribution in [0.3, 0.4) is 0 Å². The Balaban J connectivity index is 1.86. The Morgan fingerprint density at radius 1 is 1.14 bits per heavy atom. The summed E-state index contributed by atoms with van der Waals surface area (Å²) in [5.41, 5.74) is 2.31. The molecule has 28 heavy (non-hydrogen) atoms. The third-order valence-corrected chi connectivity index (χ3v) is 5.09. The number of sulfonamides is 1. The van der Waals surface area contributed by atoms with E-state index in [9.17, 15) is 18.5 Å². The monoisotopic (exact) mass is 420 g/mol. The Bertz CT molecular complexity index is 1130. The quantitative estimate of drug-likeness (QED) is 0.336. The van der Waals surface area contributed by atoms with Crippen LogP contribution in [0.4, 0.5) is 17.1 Å². The van der Waals surface area contributed by atoms with Crippen LogP contribution < -0.4 is 10.1 Å². The van der Waals surface area contributed by atoms with E-state index in [1.807, 2.05) is 0 Å². The molecule has 3 rings (SSSR count). The number of nitrogens with zero attached hydrogens (tertiary/aromatic N) is 2. The number of hydrogen-bond donors (Lipinski definition) is 2. The summed E-state index contributed by atoms with van der Waals surface area (Å²) in [4.78, 5) is 10.4. The highest BCUT2D eigenvalue weighted by molar-refractivity contribution is 7.92. The molecule has 144 valence electrons. The van der Waals surface area contributed by atoms with E-state index in [0.29, 0.717) is 10.8 Å². The maximum absolute atomic E-state index is 12.5. The molecule has 0 unspecified atom stereocenters. The predicted octanol–water partition coefficient (Wildman–Crippen LogP) is 4.09. The van der Waals surface area contributed by atoms with Crippen molar-refractivity contribution in [1.29, 1.82) is 0 Å². The summed E-state index contributed by atoms with van der Waals surface area (Å²) in [6.07, 6.45) is 2.78. The van der Waals surface area contributed by atoms with Crippen LogP contribution in [0.25, 0.3) is 0 Å². The van der Waals surface area contributed by atoms with Gasteiger partial charge in [0.05, 0.1) is 28.0 Å². The molecule has 2 aromatic carbocycles. The molecular formula is C17H13ClN4O5S. The van der Waals surface area contributed by atoms with Crippen molar-refractivity contribution in [3.8, 4) is 0 Å². The number of benzene rings is 2. The first-order valence-electron chi connectivity index (χ1n) is 7.74. The molecule has 1 aromatic heterocycles. The topological polar surface area (TPSA) is 127 Å². The van der Waals surface area contributed by atoms with Crippen LogP contribution >= 0.6 is 11.6 Å². The lowest BCUT2D eigenvalue weighted by Crippen LogP contribution is -2.13. The molecule has 1 heterocycles. The van der Waals surface area contributed by atoms with E-state index < -0.39 is 20.6 Å². The van der Waals surface area contributed by atoms with Crippen molar-refractivity contribution >= 4 is 44.9 Å².